The molecule has 3 aromatic carbocycles. The first-order valence-corrected chi connectivity index (χ1v) is 11.7. The number of aromatic nitrogens is 1. The molecule has 178 valence electrons. The molecule has 0 bridgehead atoms. The van der Waals surface area contributed by atoms with Crippen molar-refractivity contribution in [2.45, 2.75) is 20.8 Å². The van der Waals surface area contributed by atoms with Gasteiger partial charge in [0.05, 0.1) is 16.8 Å². The molecule has 0 aliphatic carbocycles. The Morgan fingerprint density at radius 3 is 2.14 bits per heavy atom. The Bertz CT molecular complexity index is 1520. The first kappa shape index (κ1) is 24.6. The van der Waals surface area contributed by atoms with Crippen LogP contribution in [0.25, 0.3) is 22.2 Å². The van der Waals surface area contributed by atoms with Crippen molar-refractivity contribution >= 4 is 22.5 Å². The predicted octanol–water partition coefficient (Wildman–Crippen LogP) is 7.71. The average molecular weight is 473 g/mol. The van der Waals surface area contributed by atoms with Crippen molar-refractivity contribution in [2.75, 3.05) is 0 Å². The molecule has 0 aliphatic heterocycles. The Kier molecular flexibility index (Phi) is 7.36. The molecule has 4 aromatic rings. The number of benzene rings is 3. The van der Waals surface area contributed by atoms with Crippen LogP contribution in [0.15, 0.2) is 125 Å². The number of aromatic hydroxyl groups is 1. The predicted molar refractivity (Wildman–Crippen MR) is 148 cm³/mol. The first-order chi connectivity index (χ1) is 17.4. The lowest BCUT2D eigenvalue weighted by Gasteiger charge is -2.13. The Morgan fingerprint density at radius 2 is 1.50 bits per heavy atom. The van der Waals surface area contributed by atoms with Crippen LogP contribution < -0.4 is 0 Å². The summed E-state index contributed by atoms with van der Waals surface area (Å²) in [5.74, 6) is -0.740. The van der Waals surface area contributed by atoms with E-state index in [0.29, 0.717) is 27.9 Å². The molecule has 1 N–H and O–H groups in total. The van der Waals surface area contributed by atoms with Crippen molar-refractivity contribution in [3.8, 4) is 17.0 Å². The monoisotopic (exact) mass is 472 g/mol. The van der Waals surface area contributed by atoms with E-state index in [9.17, 15) is 9.90 Å². The maximum Gasteiger partial charge on any atom is 0.282 e. The number of carbonyl (C=O) groups excluding carboxylic acids is 1. The van der Waals surface area contributed by atoms with Crippen molar-refractivity contribution in [2.24, 2.45) is 4.99 Å². The molecule has 1 heterocycles. The molecule has 4 nitrogen and oxygen atoms in total. The molecular weight excluding hydrogens is 444 g/mol. The van der Waals surface area contributed by atoms with Gasteiger partial charge in [0.1, 0.15) is 5.69 Å². The van der Waals surface area contributed by atoms with Crippen LogP contribution in [0.5, 0.6) is 5.75 Å². The number of aliphatic imine (C=N–C) groups is 1. The van der Waals surface area contributed by atoms with E-state index in [2.05, 4.69) is 16.6 Å². The van der Waals surface area contributed by atoms with Gasteiger partial charge in [-0.3, -0.25) is 4.79 Å². The summed E-state index contributed by atoms with van der Waals surface area (Å²) in [6.07, 6.45) is 3.67. The Balaban J connectivity index is 1.98. The third-order valence-electron chi connectivity index (χ3n) is 6.04. The zero-order chi connectivity index (χ0) is 25.7. The summed E-state index contributed by atoms with van der Waals surface area (Å²) < 4.78 is 0. The molecule has 0 fully saturated rings. The third-order valence-corrected chi connectivity index (χ3v) is 6.04. The SMILES string of the molecule is C=C/C(=C\C(C)=C(C)C)C(=NC(=O)c1c(O)c(-c2ccccc2)nc2ccccc12)c1ccccc1. The highest BCUT2D eigenvalue weighted by molar-refractivity contribution is 6.22. The summed E-state index contributed by atoms with van der Waals surface area (Å²) in [5.41, 5.74) is 5.97. The van der Waals surface area contributed by atoms with Crippen LogP contribution in [0.1, 0.15) is 36.7 Å². The van der Waals surface area contributed by atoms with Gasteiger partial charge in [-0.15, -0.1) is 0 Å². The van der Waals surface area contributed by atoms with E-state index in [1.807, 2.05) is 106 Å². The van der Waals surface area contributed by atoms with E-state index in [4.69, 9.17) is 0 Å². The Labute approximate surface area is 211 Å². The molecule has 1 amide bonds. The van der Waals surface area contributed by atoms with Crippen molar-refractivity contribution in [1.82, 2.24) is 4.98 Å². The minimum atomic E-state index is -0.551. The molecule has 4 heteroatoms. The molecule has 1 aromatic heterocycles. The normalized spacial score (nSPS) is 11.9. The topological polar surface area (TPSA) is 62.5 Å². The van der Waals surface area contributed by atoms with Gasteiger partial charge in [0.15, 0.2) is 5.75 Å². The van der Waals surface area contributed by atoms with Crippen LogP contribution >= 0.6 is 0 Å². The van der Waals surface area contributed by atoms with Crippen LogP contribution in [0.4, 0.5) is 0 Å². The largest absolute Gasteiger partial charge is 0.505 e. The van der Waals surface area contributed by atoms with Crippen molar-refractivity contribution < 1.29 is 9.90 Å². The number of pyridine rings is 1. The number of hydrogen-bond acceptors (Lipinski definition) is 3. The van der Waals surface area contributed by atoms with Gasteiger partial charge in [0, 0.05) is 22.1 Å². The zero-order valence-electron chi connectivity index (χ0n) is 20.7. The summed E-state index contributed by atoms with van der Waals surface area (Å²) in [7, 11) is 0. The smallest absolute Gasteiger partial charge is 0.282 e. The van der Waals surface area contributed by atoms with Gasteiger partial charge in [0.25, 0.3) is 5.91 Å². The number of amides is 1. The lowest BCUT2D eigenvalue weighted by atomic mass is 9.98. The van der Waals surface area contributed by atoms with Crippen LogP contribution in [-0.2, 0) is 0 Å². The standard InChI is InChI=1S/C32H28N2O2/c1-5-23(20-22(4)21(2)3)29(24-14-8-6-9-15-24)34-32(36)28-26-18-12-13-19-27(26)33-30(31(28)35)25-16-10-7-11-17-25/h5-20,35H,1H2,2-4H3/b23-20+,34-29?. The van der Waals surface area contributed by atoms with E-state index >= 15 is 0 Å². The number of para-hydroxylation sites is 1. The van der Waals surface area contributed by atoms with Gasteiger partial charge in [0.2, 0.25) is 0 Å². The summed E-state index contributed by atoms with van der Waals surface area (Å²) in [6, 6.07) is 26.1. The third kappa shape index (κ3) is 5.08. The van der Waals surface area contributed by atoms with Gasteiger partial charge in [-0.25, -0.2) is 9.98 Å². The Hall–Kier alpha value is -4.57. The fourth-order valence-electron chi connectivity index (χ4n) is 3.87. The molecule has 4 rings (SSSR count). The first-order valence-electron chi connectivity index (χ1n) is 11.7. The number of carbonyl (C=O) groups is 1. The van der Waals surface area contributed by atoms with E-state index in [-0.39, 0.29) is 11.3 Å². The summed E-state index contributed by atoms with van der Waals surface area (Å²) in [5, 5.41) is 11.9. The van der Waals surface area contributed by atoms with Crippen LogP contribution in [0, 0.1) is 0 Å². The fraction of sp³-hybridized carbons (Fsp3) is 0.0938. The van der Waals surface area contributed by atoms with E-state index in [1.54, 1.807) is 12.1 Å². The molecule has 0 saturated heterocycles. The molecule has 36 heavy (non-hydrogen) atoms. The lowest BCUT2D eigenvalue weighted by Crippen LogP contribution is -2.10. The van der Waals surface area contributed by atoms with Crippen LogP contribution in [0.2, 0.25) is 0 Å². The molecule has 0 spiro atoms. The second-order valence-corrected chi connectivity index (χ2v) is 8.69. The van der Waals surface area contributed by atoms with Gasteiger partial charge in [-0.1, -0.05) is 103 Å². The molecule has 0 atom stereocenters. The highest BCUT2D eigenvalue weighted by atomic mass is 16.3. The summed E-state index contributed by atoms with van der Waals surface area (Å²) in [6.45, 7) is 10.1. The second kappa shape index (κ2) is 10.8. The maximum absolute atomic E-state index is 13.8. The average Bonchev–Trinajstić information content (AvgIpc) is 2.90. The lowest BCUT2D eigenvalue weighted by molar-refractivity contribution is 0.100. The highest BCUT2D eigenvalue weighted by Crippen LogP contribution is 2.36. The molecule has 0 radical (unpaired) electrons. The van der Waals surface area contributed by atoms with Crippen LogP contribution in [0.3, 0.4) is 0 Å². The van der Waals surface area contributed by atoms with E-state index < -0.39 is 5.91 Å². The number of fused-ring (bicyclic) bond motifs is 1. The van der Waals surface area contributed by atoms with Crippen molar-refractivity contribution in [3.05, 3.63) is 132 Å². The minimum Gasteiger partial charge on any atom is -0.505 e. The van der Waals surface area contributed by atoms with Gasteiger partial charge in [-0.05, 0) is 32.9 Å². The molecule has 0 saturated carbocycles. The number of hydrogen-bond donors (Lipinski definition) is 1. The van der Waals surface area contributed by atoms with Gasteiger partial charge < -0.3 is 5.11 Å². The highest BCUT2D eigenvalue weighted by Gasteiger charge is 2.22. The summed E-state index contributed by atoms with van der Waals surface area (Å²) >= 11 is 0. The number of allylic oxidation sites excluding steroid dienone is 5. The zero-order valence-corrected chi connectivity index (χ0v) is 20.7. The van der Waals surface area contributed by atoms with E-state index in [0.717, 1.165) is 22.3 Å². The molecular formula is C32H28N2O2. The number of rotatable bonds is 6. The quantitative estimate of drug-likeness (QED) is 0.231. The van der Waals surface area contributed by atoms with Crippen molar-refractivity contribution in [3.63, 3.8) is 0 Å². The molecule has 0 unspecified atom stereocenters. The fourth-order valence-corrected chi connectivity index (χ4v) is 3.87. The van der Waals surface area contributed by atoms with Crippen molar-refractivity contribution in [1.29, 1.82) is 0 Å². The van der Waals surface area contributed by atoms with Crippen LogP contribution in [-0.4, -0.2) is 21.7 Å². The minimum absolute atomic E-state index is 0.121. The van der Waals surface area contributed by atoms with Gasteiger partial charge in [-0.2, -0.15) is 0 Å². The molecule has 0 aliphatic rings. The maximum atomic E-state index is 13.8. The summed E-state index contributed by atoms with van der Waals surface area (Å²) in [4.78, 5) is 23.1. The number of nitrogens with zero attached hydrogens (tertiary/aromatic N) is 2. The Morgan fingerprint density at radius 1 is 0.889 bits per heavy atom. The second-order valence-electron chi connectivity index (χ2n) is 8.69. The van der Waals surface area contributed by atoms with E-state index in [1.165, 1.54) is 0 Å². The van der Waals surface area contributed by atoms with Gasteiger partial charge >= 0.3 is 0 Å².